The van der Waals surface area contributed by atoms with E-state index < -0.39 is 0 Å². The van der Waals surface area contributed by atoms with Crippen molar-refractivity contribution in [3.05, 3.63) is 0 Å². The molecule has 0 aromatic rings. The summed E-state index contributed by atoms with van der Waals surface area (Å²) in [4.78, 5) is 29.0. The Morgan fingerprint density at radius 2 is 1.82 bits per heavy atom. The van der Waals surface area contributed by atoms with Gasteiger partial charge in [-0.15, -0.1) is 0 Å². The average Bonchev–Trinajstić information content (AvgIpc) is 3.36. The van der Waals surface area contributed by atoms with E-state index in [1.165, 1.54) is 25.7 Å². The Labute approximate surface area is 133 Å². The van der Waals surface area contributed by atoms with Crippen LogP contribution in [0.5, 0.6) is 0 Å². The lowest BCUT2D eigenvalue weighted by Crippen LogP contribution is -2.47. The van der Waals surface area contributed by atoms with Gasteiger partial charge in [0.25, 0.3) is 0 Å². The summed E-state index contributed by atoms with van der Waals surface area (Å²) in [6.45, 7) is 2.74. The second-order valence-corrected chi connectivity index (χ2v) is 8.05. The molecular weight excluding hydrogens is 276 g/mol. The van der Waals surface area contributed by atoms with Crippen LogP contribution in [0, 0.1) is 11.8 Å². The highest BCUT2D eigenvalue weighted by molar-refractivity contribution is 5.80. The number of carbonyl (C=O) groups excluding carboxylic acids is 2. The largest absolute Gasteiger partial charge is 0.343 e. The van der Waals surface area contributed by atoms with E-state index in [4.69, 9.17) is 0 Å². The maximum absolute atomic E-state index is 12.4. The highest BCUT2D eigenvalue weighted by Crippen LogP contribution is 2.42. The van der Waals surface area contributed by atoms with Crippen LogP contribution in [0.3, 0.4) is 0 Å². The van der Waals surface area contributed by atoms with Crippen molar-refractivity contribution in [3.8, 4) is 0 Å². The first-order chi connectivity index (χ1) is 10.7. The highest BCUT2D eigenvalue weighted by atomic mass is 16.2. The smallest absolute Gasteiger partial charge is 0.223 e. The molecule has 2 heterocycles. The monoisotopic (exact) mass is 304 g/mol. The van der Waals surface area contributed by atoms with Gasteiger partial charge in [0.15, 0.2) is 0 Å². The van der Waals surface area contributed by atoms with Gasteiger partial charge in [-0.2, -0.15) is 0 Å². The zero-order valence-electron chi connectivity index (χ0n) is 13.6. The molecule has 2 aliphatic carbocycles. The number of nitrogens with zero attached hydrogens (tertiary/aromatic N) is 2. The summed E-state index contributed by atoms with van der Waals surface area (Å²) in [7, 11) is 0. The van der Waals surface area contributed by atoms with Crippen molar-refractivity contribution in [1.82, 2.24) is 9.80 Å². The SMILES string of the molecule is O=C(CC1CC1)N1CCC[C@@]2(CCC(=O)N2CC2CC2)CC1. The number of likely N-dealkylation sites (tertiary alicyclic amines) is 2. The Hall–Kier alpha value is -1.06. The molecule has 2 aliphatic heterocycles. The minimum atomic E-state index is 0.0777. The van der Waals surface area contributed by atoms with E-state index in [-0.39, 0.29) is 5.54 Å². The second kappa shape index (κ2) is 5.54. The first-order valence-corrected chi connectivity index (χ1v) is 9.25. The van der Waals surface area contributed by atoms with E-state index in [1.54, 1.807) is 0 Å². The first kappa shape index (κ1) is 14.5. The van der Waals surface area contributed by atoms with Crippen LogP contribution in [0.25, 0.3) is 0 Å². The van der Waals surface area contributed by atoms with Crippen LogP contribution < -0.4 is 0 Å². The van der Waals surface area contributed by atoms with E-state index in [9.17, 15) is 9.59 Å². The van der Waals surface area contributed by atoms with Gasteiger partial charge in [-0.05, 0) is 63.2 Å². The van der Waals surface area contributed by atoms with Crippen LogP contribution >= 0.6 is 0 Å². The Balaban J connectivity index is 1.41. The molecule has 0 N–H and O–H groups in total. The maximum atomic E-state index is 12.4. The summed E-state index contributed by atoms with van der Waals surface area (Å²) < 4.78 is 0. The number of amides is 2. The normalized spacial score (nSPS) is 32.6. The van der Waals surface area contributed by atoms with Crippen molar-refractivity contribution in [1.29, 1.82) is 0 Å². The fourth-order valence-electron chi connectivity index (χ4n) is 4.37. The molecule has 0 aromatic carbocycles. The molecule has 0 bridgehead atoms. The van der Waals surface area contributed by atoms with E-state index in [1.807, 2.05) is 0 Å². The topological polar surface area (TPSA) is 40.6 Å². The van der Waals surface area contributed by atoms with Crippen LogP contribution in [-0.4, -0.2) is 46.8 Å². The average molecular weight is 304 g/mol. The zero-order chi connectivity index (χ0) is 15.2. The molecule has 4 heteroatoms. The van der Waals surface area contributed by atoms with Crippen molar-refractivity contribution < 1.29 is 9.59 Å². The fourth-order valence-corrected chi connectivity index (χ4v) is 4.37. The quantitative estimate of drug-likeness (QED) is 0.801. The Kier molecular flexibility index (Phi) is 3.66. The maximum Gasteiger partial charge on any atom is 0.223 e. The summed E-state index contributed by atoms with van der Waals surface area (Å²) in [5.41, 5.74) is 0.0777. The van der Waals surface area contributed by atoms with E-state index >= 15 is 0 Å². The van der Waals surface area contributed by atoms with Crippen molar-refractivity contribution in [2.45, 2.75) is 69.7 Å². The van der Waals surface area contributed by atoms with E-state index in [2.05, 4.69) is 9.80 Å². The van der Waals surface area contributed by atoms with E-state index in [0.717, 1.165) is 64.1 Å². The third-order valence-electron chi connectivity index (χ3n) is 6.25. The van der Waals surface area contributed by atoms with Gasteiger partial charge in [-0.1, -0.05) is 0 Å². The molecule has 122 valence electrons. The molecule has 4 fully saturated rings. The van der Waals surface area contributed by atoms with Gasteiger partial charge in [-0.25, -0.2) is 0 Å². The molecular formula is C18H28N2O2. The van der Waals surface area contributed by atoms with Gasteiger partial charge in [0, 0.05) is 38.0 Å². The molecule has 2 saturated carbocycles. The molecule has 2 saturated heterocycles. The Morgan fingerprint density at radius 3 is 2.55 bits per heavy atom. The van der Waals surface area contributed by atoms with Gasteiger partial charge in [0.1, 0.15) is 0 Å². The molecule has 0 radical (unpaired) electrons. The summed E-state index contributed by atoms with van der Waals surface area (Å²) in [6.07, 6.45) is 10.7. The third-order valence-corrected chi connectivity index (χ3v) is 6.25. The predicted molar refractivity (Wildman–Crippen MR) is 84.2 cm³/mol. The van der Waals surface area contributed by atoms with Crippen LogP contribution in [0.4, 0.5) is 0 Å². The standard InChI is InChI=1S/C18H28N2O2/c21-16-6-8-18(20(16)13-15-4-5-15)7-1-10-19(11-9-18)17(22)12-14-2-3-14/h14-15H,1-13H2/t18-/m1/s1. The number of hydrogen-bond acceptors (Lipinski definition) is 2. The van der Waals surface area contributed by atoms with Gasteiger partial charge in [-0.3, -0.25) is 9.59 Å². The number of carbonyl (C=O) groups is 2. The Morgan fingerprint density at radius 1 is 1.05 bits per heavy atom. The molecule has 22 heavy (non-hydrogen) atoms. The fraction of sp³-hybridized carbons (Fsp3) is 0.889. The lowest BCUT2D eigenvalue weighted by Gasteiger charge is -2.38. The lowest BCUT2D eigenvalue weighted by atomic mass is 9.87. The molecule has 1 spiro atoms. The minimum Gasteiger partial charge on any atom is -0.343 e. The molecule has 2 amide bonds. The van der Waals surface area contributed by atoms with Crippen LogP contribution in [-0.2, 0) is 9.59 Å². The molecule has 1 atom stereocenters. The minimum absolute atomic E-state index is 0.0777. The van der Waals surface area contributed by atoms with Gasteiger partial charge in [0.05, 0.1) is 0 Å². The summed E-state index contributed by atoms with van der Waals surface area (Å²) >= 11 is 0. The van der Waals surface area contributed by atoms with Crippen molar-refractivity contribution in [2.75, 3.05) is 19.6 Å². The van der Waals surface area contributed by atoms with Crippen LogP contribution in [0.1, 0.15) is 64.2 Å². The first-order valence-electron chi connectivity index (χ1n) is 9.25. The van der Waals surface area contributed by atoms with Crippen molar-refractivity contribution >= 4 is 11.8 Å². The summed E-state index contributed by atoms with van der Waals surface area (Å²) in [5.74, 6) is 2.15. The molecule has 0 unspecified atom stereocenters. The lowest BCUT2D eigenvalue weighted by molar-refractivity contribution is -0.132. The number of hydrogen-bond donors (Lipinski definition) is 0. The van der Waals surface area contributed by atoms with Crippen molar-refractivity contribution in [3.63, 3.8) is 0 Å². The highest BCUT2D eigenvalue weighted by Gasteiger charge is 2.47. The van der Waals surface area contributed by atoms with Crippen LogP contribution in [0.15, 0.2) is 0 Å². The predicted octanol–water partition coefficient (Wildman–Crippen LogP) is 2.57. The molecule has 4 nitrogen and oxygen atoms in total. The molecule has 4 aliphatic rings. The number of rotatable bonds is 4. The van der Waals surface area contributed by atoms with Gasteiger partial charge < -0.3 is 9.80 Å². The Bertz CT molecular complexity index is 470. The second-order valence-electron chi connectivity index (χ2n) is 8.05. The van der Waals surface area contributed by atoms with Gasteiger partial charge >= 0.3 is 0 Å². The van der Waals surface area contributed by atoms with E-state index in [0.29, 0.717) is 17.7 Å². The molecule has 4 rings (SSSR count). The van der Waals surface area contributed by atoms with Crippen molar-refractivity contribution in [2.24, 2.45) is 11.8 Å². The summed E-state index contributed by atoms with van der Waals surface area (Å²) in [6, 6.07) is 0. The zero-order valence-corrected chi connectivity index (χ0v) is 13.6. The van der Waals surface area contributed by atoms with Gasteiger partial charge in [0.2, 0.25) is 11.8 Å². The third kappa shape index (κ3) is 2.89. The van der Waals surface area contributed by atoms with Crippen LogP contribution in [0.2, 0.25) is 0 Å². The molecule has 0 aromatic heterocycles. The summed E-state index contributed by atoms with van der Waals surface area (Å²) in [5, 5.41) is 0.